The molecule has 0 bridgehead atoms. The van der Waals surface area contributed by atoms with Gasteiger partial charge in [-0.2, -0.15) is 16.8 Å². The maximum absolute atomic E-state index is 9.19. The van der Waals surface area contributed by atoms with Gasteiger partial charge in [0.15, 0.2) is 0 Å². The molecule has 0 fully saturated rings. The summed E-state index contributed by atoms with van der Waals surface area (Å²) in [5.74, 6) is 0.265. The quantitative estimate of drug-likeness (QED) is 0.551. The summed E-state index contributed by atoms with van der Waals surface area (Å²) in [7, 11) is -7.33. The Bertz CT molecular complexity index is 514. The summed E-state index contributed by atoms with van der Waals surface area (Å²) in [5.41, 5.74) is 1.04. The van der Waals surface area contributed by atoms with Crippen LogP contribution < -0.4 is 0 Å². The summed E-state index contributed by atoms with van der Waals surface area (Å²) < 4.78 is 51.7. The van der Waals surface area contributed by atoms with Crippen LogP contribution in [-0.2, 0) is 26.7 Å². The summed E-state index contributed by atoms with van der Waals surface area (Å²) in [5, 5.41) is 17.4. The van der Waals surface area contributed by atoms with Crippen molar-refractivity contribution in [1.82, 2.24) is 0 Å². The van der Waals surface area contributed by atoms with E-state index >= 15 is 0 Å². The topological polar surface area (TPSA) is 149 Å². The molecule has 1 aromatic carbocycles. The summed E-state index contributed by atoms with van der Waals surface area (Å²) in [6.07, 6.45) is 2.08. The minimum absolute atomic E-state index is 0.158. The fourth-order valence-corrected chi connectivity index (χ4v) is 0.792. The van der Waals surface area contributed by atoms with E-state index < -0.39 is 20.2 Å². The number of aliphatic hydroxyl groups is 1. The van der Waals surface area contributed by atoms with Crippen molar-refractivity contribution in [1.29, 1.82) is 0 Å². The molecule has 8 nitrogen and oxygen atoms in total. The van der Waals surface area contributed by atoms with Crippen LogP contribution in [0.1, 0.15) is 5.56 Å². The minimum atomic E-state index is -3.67. The van der Waals surface area contributed by atoms with E-state index in [9.17, 15) is 16.8 Å². The molecular weight excluding hydrogens is 312 g/mol. The molecule has 0 aliphatic carbocycles. The Labute approximate surface area is 118 Å². The maximum Gasteiger partial charge on any atom is 0.261 e. The lowest BCUT2D eigenvalue weighted by molar-refractivity contribution is 0.299. The molecule has 0 unspecified atom stereocenters. The van der Waals surface area contributed by atoms with Crippen LogP contribution in [0.4, 0.5) is 0 Å². The largest absolute Gasteiger partial charge is 0.508 e. The molecule has 0 spiro atoms. The van der Waals surface area contributed by atoms with Gasteiger partial charge in [-0.3, -0.25) is 9.11 Å². The highest BCUT2D eigenvalue weighted by atomic mass is 32.2. The predicted molar refractivity (Wildman–Crippen MR) is 73.8 cm³/mol. The Hall–Kier alpha value is -1.20. The zero-order valence-electron chi connectivity index (χ0n) is 11.0. The van der Waals surface area contributed by atoms with Gasteiger partial charge in [0.05, 0.1) is 12.5 Å². The first kappa shape index (κ1) is 21.1. The molecule has 0 aliphatic heterocycles. The maximum atomic E-state index is 9.19. The fourth-order valence-electron chi connectivity index (χ4n) is 0.792. The van der Waals surface area contributed by atoms with Crippen molar-refractivity contribution in [3.05, 3.63) is 29.8 Å². The SMILES string of the molecule is CS(=O)(=O)O.CS(=O)(=O)O.OCCc1ccc(O)cc1. The fraction of sp³-hybridized carbons (Fsp3) is 0.400. The lowest BCUT2D eigenvalue weighted by atomic mass is 10.2. The third-order valence-corrected chi connectivity index (χ3v) is 1.34. The van der Waals surface area contributed by atoms with Crippen molar-refractivity contribution in [2.45, 2.75) is 6.42 Å². The van der Waals surface area contributed by atoms with Crippen LogP contribution in [0.2, 0.25) is 0 Å². The molecule has 0 aliphatic rings. The first-order valence-electron chi connectivity index (χ1n) is 5.06. The van der Waals surface area contributed by atoms with Crippen molar-refractivity contribution in [3.8, 4) is 5.75 Å². The van der Waals surface area contributed by atoms with E-state index in [0.717, 1.165) is 5.56 Å². The second-order valence-corrected chi connectivity index (χ2v) is 6.54. The average molecular weight is 330 g/mol. The second kappa shape index (κ2) is 9.66. The Kier molecular flexibility index (Phi) is 10.2. The zero-order valence-corrected chi connectivity index (χ0v) is 12.6. The highest BCUT2D eigenvalue weighted by Crippen LogP contribution is 2.09. The van der Waals surface area contributed by atoms with Crippen LogP contribution in [0, 0.1) is 0 Å². The van der Waals surface area contributed by atoms with Crippen molar-refractivity contribution >= 4 is 20.2 Å². The van der Waals surface area contributed by atoms with Gasteiger partial charge in [0, 0.05) is 6.61 Å². The van der Waals surface area contributed by atoms with E-state index in [-0.39, 0.29) is 12.4 Å². The number of hydrogen-bond donors (Lipinski definition) is 4. The number of phenols is 1. The van der Waals surface area contributed by atoms with E-state index in [2.05, 4.69) is 0 Å². The van der Waals surface area contributed by atoms with Crippen molar-refractivity contribution < 1.29 is 36.2 Å². The molecule has 118 valence electrons. The number of benzene rings is 1. The number of phenolic OH excluding ortho intramolecular Hbond substituents is 1. The molecular formula is C10H18O8S2. The summed E-state index contributed by atoms with van der Waals surface area (Å²) in [4.78, 5) is 0. The smallest absolute Gasteiger partial charge is 0.261 e. The van der Waals surface area contributed by atoms with Gasteiger partial charge in [-0.1, -0.05) is 12.1 Å². The van der Waals surface area contributed by atoms with Crippen LogP contribution in [0.15, 0.2) is 24.3 Å². The second-order valence-electron chi connectivity index (χ2n) is 3.61. The summed E-state index contributed by atoms with van der Waals surface area (Å²) in [6, 6.07) is 6.83. The third-order valence-electron chi connectivity index (χ3n) is 1.34. The Morgan fingerprint density at radius 1 is 0.900 bits per heavy atom. The minimum Gasteiger partial charge on any atom is -0.508 e. The van der Waals surface area contributed by atoms with Crippen LogP contribution in [0.25, 0.3) is 0 Å². The van der Waals surface area contributed by atoms with Gasteiger partial charge in [-0.15, -0.1) is 0 Å². The highest BCUT2D eigenvalue weighted by Gasteiger charge is 1.90. The van der Waals surface area contributed by atoms with E-state index in [1.165, 1.54) is 0 Å². The molecule has 0 saturated carbocycles. The summed E-state index contributed by atoms with van der Waals surface area (Å²) in [6.45, 7) is 0.158. The molecule has 0 atom stereocenters. The van der Waals surface area contributed by atoms with E-state index in [4.69, 9.17) is 19.3 Å². The monoisotopic (exact) mass is 330 g/mol. The average Bonchev–Trinajstić information content (AvgIpc) is 2.17. The number of rotatable bonds is 2. The number of aliphatic hydroxyl groups excluding tert-OH is 1. The van der Waals surface area contributed by atoms with Crippen molar-refractivity contribution in [3.63, 3.8) is 0 Å². The zero-order chi connectivity index (χ0) is 16.4. The standard InChI is InChI=1S/C8H10O2.2CH4O3S/c9-6-5-7-1-3-8(10)4-2-7;2*1-5(2,3)4/h1-4,9-10H,5-6H2;2*1H3,(H,2,3,4). The number of hydrogen-bond acceptors (Lipinski definition) is 6. The molecule has 0 aromatic heterocycles. The lowest BCUT2D eigenvalue weighted by Crippen LogP contribution is -1.88. The van der Waals surface area contributed by atoms with E-state index in [1.807, 2.05) is 0 Å². The molecule has 0 saturated heterocycles. The molecule has 0 heterocycles. The van der Waals surface area contributed by atoms with Gasteiger partial charge in [0.25, 0.3) is 20.2 Å². The molecule has 0 radical (unpaired) electrons. The predicted octanol–water partition coefficient (Wildman–Crippen LogP) is -0.0650. The lowest BCUT2D eigenvalue weighted by Gasteiger charge is -1.96. The summed E-state index contributed by atoms with van der Waals surface area (Å²) >= 11 is 0. The van der Waals surface area contributed by atoms with Gasteiger partial charge in [0.1, 0.15) is 5.75 Å². The van der Waals surface area contributed by atoms with Crippen molar-refractivity contribution in [2.75, 3.05) is 19.1 Å². The van der Waals surface area contributed by atoms with Crippen molar-refractivity contribution in [2.24, 2.45) is 0 Å². The number of aromatic hydroxyl groups is 1. The van der Waals surface area contributed by atoms with Crippen LogP contribution >= 0.6 is 0 Å². The Balaban J connectivity index is 0. The highest BCUT2D eigenvalue weighted by molar-refractivity contribution is 7.85. The van der Waals surface area contributed by atoms with Gasteiger partial charge >= 0.3 is 0 Å². The van der Waals surface area contributed by atoms with Crippen LogP contribution in [0.5, 0.6) is 5.75 Å². The Morgan fingerprint density at radius 2 is 1.20 bits per heavy atom. The molecule has 10 heteroatoms. The molecule has 0 amide bonds. The molecule has 20 heavy (non-hydrogen) atoms. The van der Waals surface area contributed by atoms with Gasteiger partial charge in [-0.25, -0.2) is 0 Å². The van der Waals surface area contributed by atoms with Crippen LogP contribution in [-0.4, -0.2) is 55.3 Å². The normalized spacial score (nSPS) is 10.7. The van der Waals surface area contributed by atoms with Gasteiger partial charge in [-0.05, 0) is 24.1 Å². The van der Waals surface area contributed by atoms with Crippen LogP contribution in [0.3, 0.4) is 0 Å². The Morgan fingerprint density at radius 3 is 1.45 bits per heavy atom. The molecule has 1 aromatic rings. The van der Waals surface area contributed by atoms with Gasteiger partial charge in [0.2, 0.25) is 0 Å². The van der Waals surface area contributed by atoms with E-state index in [1.54, 1.807) is 24.3 Å². The molecule has 1 rings (SSSR count). The third kappa shape index (κ3) is 30.1. The van der Waals surface area contributed by atoms with Gasteiger partial charge < -0.3 is 10.2 Å². The van der Waals surface area contributed by atoms with E-state index in [0.29, 0.717) is 18.9 Å². The first-order valence-corrected chi connectivity index (χ1v) is 8.76. The molecule has 4 N–H and O–H groups in total. The first-order chi connectivity index (χ1) is 8.83.